The molecule has 0 unspecified atom stereocenters. The van der Waals surface area contributed by atoms with E-state index in [1.807, 2.05) is 26.2 Å². The Morgan fingerprint density at radius 2 is 1.92 bits per heavy atom. The maximum atomic E-state index is 12.5. The van der Waals surface area contributed by atoms with Gasteiger partial charge in [0.05, 0.1) is 10.6 Å². The van der Waals surface area contributed by atoms with Crippen molar-refractivity contribution in [1.29, 1.82) is 0 Å². The second-order valence-corrected chi connectivity index (χ2v) is 6.90. The number of nitrogens with one attached hydrogen (secondary N) is 1. The molecule has 1 aliphatic rings. The quantitative estimate of drug-likeness (QED) is 0.800. The van der Waals surface area contributed by atoms with E-state index in [4.69, 9.17) is 11.6 Å². The van der Waals surface area contributed by atoms with E-state index in [1.54, 1.807) is 17.0 Å². The van der Waals surface area contributed by atoms with Gasteiger partial charge in [-0.2, -0.15) is 0 Å². The van der Waals surface area contributed by atoms with Crippen molar-refractivity contribution in [2.45, 2.75) is 19.3 Å². The maximum absolute atomic E-state index is 12.5. The van der Waals surface area contributed by atoms with Crippen molar-refractivity contribution in [1.82, 2.24) is 15.1 Å². The zero-order valence-electron chi connectivity index (χ0n) is 14.4. The summed E-state index contributed by atoms with van der Waals surface area (Å²) >= 11 is 6.10. The number of carbonyl (C=O) groups is 2. The molecule has 2 amide bonds. The van der Waals surface area contributed by atoms with Gasteiger partial charge in [0.1, 0.15) is 0 Å². The van der Waals surface area contributed by atoms with Crippen LogP contribution in [0.1, 0.15) is 29.6 Å². The molecule has 1 aromatic rings. The lowest BCUT2D eigenvalue weighted by Crippen LogP contribution is -2.43. The van der Waals surface area contributed by atoms with Gasteiger partial charge >= 0.3 is 0 Å². The molecular weight excluding hydrogens is 326 g/mol. The molecule has 1 aromatic carbocycles. The van der Waals surface area contributed by atoms with Crippen LogP contribution in [0.4, 0.5) is 0 Å². The third-order valence-electron chi connectivity index (χ3n) is 4.34. The third-order valence-corrected chi connectivity index (χ3v) is 4.67. The van der Waals surface area contributed by atoms with Crippen molar-refractivity contribution in [3.8, 4) is 0 Å². The molecule has 0 spiro atoms. The molecule has 0 bridgehead atoms. The number of halogens is 1. The number of hydrogen-bond acceptors (Lipinski definition) is 3. The predicted octanol–water partition coefficient (Wildman–Crippen LogP) is 2.26. The average molecular weight is 352 g/mol. The first-order valence-corrected chi connectivity index (χ1v) is 8.83. The Kier molecular flexibility index (Phi) is 7.06. The van der Waals surface area contributed by atoms with Crippen LogP contribution in [-0.4, -0.2) is 61.9 Å². The molecule has 0 aromatic heterocycles. The lowest BCUT2D eigenvalue weighted by Gasteiger charge is -2.31. The Balaban J connectivity index is 1.78. The zero-order chi connectivity index (χ0) is 17.5. The van der Waals surface area contributed by atoms with Crippen LogP contribution in [0.2, 0.25) is 5.02 Å². The molecule has 1 fully saturated rings. The number of carbonyl (C=O) groups excluding carboxylic acids is 2. The third kappa shape index (κ3) is 5.21. The van der Waals surface area contributed by atoms with Gasteiger partial charge in [-0.3, -0.25) is 9.59 Å². The van der Waals surface area contributed by atoms with Gasteiger partial charge in [0.2, 0.25) is 5.91 Å². The van der Waals surface area contributed by atoms with E-state index in [-0.39, 0.29) is 17.7 Å². The molecule has 6 heteroatoms. The lowest BCUT2D eigenvalue weighted by molar-refractivity contribution is -0.126. The van der Waals surface area contributed by atoms with Crippen molar-refractivity contribution in [2.75, 3.05) is 40.3 Å². The second-order valence-electron chi connectivity index (χ2n) is 6.49. The average Bonchev–Trinajstić information content (AvgIpc) is 2.58. The largest absolute Gasteiger partial charge is 0.356 e. The van der Waals surface area contributed by atoms with Gasteiger partial charge in [-0.25, -0.2) is 0 Å². The molecule has 1 aliphatic heterocycles. The number of benzene rings is 1. The number of nitrogens with zero attached hydrogens (tertiary/aromatic N) is 2. The van der Waals surface area contributed by atoms with Gasteiger partial charge < -0.3 is 15.1 Å². The minimum absolute atomic E-state index is 0.000323. The number of amides is 2. The SMILES string of the molecule is CN(C)CCCNC(=O)C1CCN(C(=O)c2ccccc2Cl)CC1. The van der Waals surface area contributed by atoms with Crippen LogP contribution in [0.5, 0.6) is 0 Å². The summed E-state index contributed by atoms with van der Waals surface area (Å²) in [4.78, 5) is 28.6. The second kappa shape index (κ2) is 9.04. The smallest absolute Gasteiger partial charge is 0.255 e. The number of piperidine rings is 1. The van der Waals surface area contributed by atoms with Crippen LogP contribution in [0.25, 0.3) is 0 Å². The summed E-state index contributed by atoms with van der Waals surface area (Å²) in [6, 6.07) is 7.09. The maximum Gasteiger partial charge on any atom is 0.255 e. The van der Waals surface area contributed by atoms with Gasteiger partial charge in [0.15, 0.2) is 0 Å². The first-order chi connectivity index (χ1) is 11.5. The Morgan fingerprint density at radius 1 is 1.25 bits per heavy atom. The van der Waals surface area contributed by atoms with Crippen LogP contribution >= 0.6 is 11.6 Å². The van der Waals surface area contributed by atoms with Gasteiger partial charge in [-0.15, -0.1) is 0 Å². The lowest BCUT2D eigenvalue weighted by atomic mass is 9.95. The van der Waals surface area contributed by atoms with Gasteiger partial charge in [-0.1, -0.05) is 23.7 Å². The molecule has 0 radical (unpaired) electrons. The van der Waals surface area contributed by atoms with E-state index in [9.17, 15) is 9.59 Å². The predicted molar refractivity (Wildman–Crippen MR) is 96.3 cm³/mol. The molecule has 1 heterocycles. The van der Waals surface area contributed by atoms with Gasteiger partial charge in [-0.05, 0) is 52.0 Å². The van der Waals surface area contributed by atoms with Crippen LogP contribution < -0.4 is 5.32 Å². The summed E-state index contributed by atoms with van der Waals surface area (Å²) in [6.07, 6.45) is 2.36. The molecule has 0 saturated carbocycles. The van der Waals surface area contributed by atoms with Crippen LogP contribution in [0.15, 0.2) is 24.3 Å². The Hall–Kier alpha value is -1.59. The van der Waals surface area contributed by atoms with E-state index >= 15 is 0 Å². The fourth-order valence-electron chi connectivity index (χ4n) is 2.90. The van der Waals surface area contributed by atoms with Gasteiger partial charge in [0, 0.05) is 25.6 Å². The summed E-state index contributed by atoms with van der Waals surface area (Å²) in [5.74, 6) is 0.0590. The molecule has 132 valence electrons. The van der Waals surface area contributed by atoms with E-state index in [0.29, 0.717) is 43.1 Å². The molecule has 0 atom stereocenters. The fraction of sp³-hybridized carbons (Fsp3) is 0.556. The number of hydrogen-bond donors (Lipinski definition) is 1. The minimum Gasteiger partial charge on any atom is -0.356 e. The van der Waals surface area contributed by atoms with E-state index < -0.39 is 0 Å². The zero-order valence-corrected chi connectivity index (χ0v) is 15.2. The van der Waals surface area contributed by atoms with Crippen LogP contribution in [0.3, 0.4) is 0 Å². The van der Waals surface area contributed by atoms with Crippen molar-refractivity contribution in [3.63, 3.8) is 0 Å². The van der Waals surface area contributed by atoms with Crippen molar-refractivity contribution in [3.05, 3.63) is 34.9 Å². The molecule has 2 rings (SSSR count). The van der Waals surface area contributed by atoms with Crippen molar-refractivity contribution < 1.29 is 9.59 Å². The molecule has 5 nitrogen and oxygen atoms in total. The van der Waals surface area contributed by atoms with Crippen LogP contribution in [0, 0.1) is 5.92 Å². The highest BCUT2D eigenvalue weighted by Gasteiger charge is 2.28. The summed E-state index contributed by atoms with van der Waals surface area (Å²) in [5, 5.41) is 3.48. The molecular formula is C18H26ClN3O2. The minimum atomic E-state index is -0.0505. The van der Waals surface area contributed by atoms with E-state index in [1.165, 1.54) is 0 Å². The van der Waals surface area contributed by atoms with Crippen molar-refractivity contribution >= 4 is 23.4 Å². The number of rotatable bonds is 6. The summed E-state index contributed by atoms with van der Waals surface area (Å²) in [6.45, 7) is 2.86. The number of likely N-dealkylation sites (tertiary alicyclic amines) is 1. The summed E-state index contributed by atoms with van der Waals surface area (Å²) in [5.41, 5.74) is 0.533. The molecule has 0 aliphatic carbocycles. The first-order valence-electron chi connectivity index (χ1n) is 8.45. The van der Waals surface area contributed by atoms with E-state index in [2.05, 4.69) is 10.2 Å². The highest BCUT2D eigenvalue weighted by atomic mass is 35.5. The Morgan fingerprint density at radius 3 is 2.54 bits per heavy atom. The van der Waals surface area contributed by atoms with Gasteiger partial charge in [0.25, 0.3) is 5.91 Å². The molecule has 1 saturated heterocycles. The highest BCUT2D eigenvalue weighted by molar-refractivity contribution is 6.33. The normalized spacial score (nSPS) is 15.6. The van der Waals surface area contributed by atoms with E-state index in [0.717, 1.165) is 13.0 Å². The monoisotopic (exact) mass is 351 g/mol. The Bertz CT molecular complexity index is 569. The molecule has 1 N–H and O–H groups in total. The van der Waals surface area contributed by atoms with Crippen molar-refractivity contribution in [2.24, 2.45) is 5.92 Å². The summed E-state index contributed by atoms with van der Waals surface area (Å²) in [7, 11) is 4.04. The fourth-order valence-corrected chi connectivity index (χ4v) is 3.12. The molecule has 24 heavy (non-hydrogen) atoms. The first kappa shape index (κ1) is 18.7. The van der Waals surface area contributed by atoms with Crippen LogP contribution in [-0.2, 0) is 4.79 Å². The Labute approximate surface area is 149 Å². The topological polar surface area (TPSA) is 52.7 Å². The highest BCUT2D eigenvalue weighted by Crippen LogP contribution is 2.22. The summed E-state index contributed by atoms with van der Waals surface area (Å²) < 4.78 is 0. The standard InChI is InChI=1S/C18H26ClN3O2/c1-21(2)11-5-10-20-17(23)14-8-12-22(13-9-14)18(24)15-6-3-4-7-16(15)19/h3-4,6-7,14H,5,8-13H2,1-2H3,(H,20,23).